The minimum atomic E-state index is -2.04. The number of nitrogens with zero attached hydrogens (tertiary/aromatic N) is 3. The minimum Gasteiger partial charge on any atom is -0.451 e. The minimum absolute atomic E-state index is 0.285. The van der Waals surface area contributed by atoms with Crippen LogP contribution in [0.5, 0.6) is 0 Å². The van der Waals surface area contributed by atoms with E-state index in [1.54, 1.807) is 30.3 Å². The van der Waals surface area contributed by atoms with Gasteiger partial charge in [-0.1, -0.05) is 41.4 Å². The molecule has 1 aromatic carbocycles. The van der Waals surface area contributed by atoms with E-state index in [0.29, 0.717) is 5.56 Å². The molecule has 1 aliphatic carbocycles. The van der Waals surface area contributed by atoms with Gasteiger partial charge in [-0.3, -0.25) is 9.59 Å². The van der Waals surface area contributed by atoms with Crippen LogP contribution in [0.1, 0.15) is 11.1 Å². The second-order valence-electron chi connectivity index (χ2n) is 3.96. The predicted molar refractivity (Wildman–Crippen MR) is 71.1 cm³/mol. The third-order valence-electron chi connectivity index (χ3n) is 2.90. The Labute approximate surface area is 114 Å². The van der Waals surface area contributed by atoms with Crippen LogP contribution in [0.25, 0.3) is 16.5 Å². The molecular weight excluding hydrogens is 258 g/mol. The molecule has 98 valence electrons. The maximum absolute atomic E-state index is 12.2. The number of ether oxygens (including phenoxy) is 1. The molecule has 0 heterocycles. The first kappa shape index (κ1) is 13.4. The van der Waals surface area contributed by atoms with Crippen molar-refractivity contribution in [1.29, 1.82) is 0 Å². The Morgan fingerprint density at radius 1 is 1.45 bits per heavy atom. The van der Waals surface area contributed by atoms with Crippen molar-refractivity contribution in [3.8, 4) is 12.3 Å². The summed E-state index contributed by atoms with van der Waals surface area (Å²) in [6.07, 6.45) is 7.76. The summed E-state index contributed by atoms with van der Waals surface area (Å²) in [5, 5.41) is 3.43. The lowest BCUT2D eigenvalue weighted by Crippen LogP contribution is -2.44. The van der Waals surface area contributed by atoms with Crippen LogP contribution in [0.4, 0.5) is 0 Å². The Balaban J connectivity index is 2.65. The molecule has 0 saturated heterocycles. The maximum Gasteiger partial charge on any atom is 0.331 e. The quantitative estimate of drug-likeness (QED) is 0.209. The number of hydrogen-bond donors (Lipinski definition) is 0. The number of terminal acetylenes is 1. The van der Waals surface area contributed by atoms with Gasteiger partial charge < -0.3 is 4.74 Å². The number of hydrogen-bond acceptors (Lipinski definition) is 4. The topological polar surface area (TPSA) is 92.1 Å². The zero-order valence-corrected chi connectivity index (χ0v) is 10.3. The van der Waals surface area contributed by atoms with Crippen molar-refractivity contribution in [3.05, 3.63) is 51.9 Å². The molecule has 6 nitrogen and oxygen atoms in total. The number of fused-ring (bicyclic) bond motifs is 1. The number of azide groups is 1. The molecule has 0 aromatic heterocycles. The molecule has 6 heteroatoms. The van der Waals surface area contributed by atoms with Crippen LogP contribution in [0.3, 0.4) is 0 Å². The lowest BCUT2D eigenvalue weighted by molar-refractivity contribution is -0.152. The van der Waals surface area contributed by atoms with Crippen LogP contribution in [0.2, 0.25) is 0 Å². The van der Waals surface area contributed by atoms with Gasteiger partial charge in [0.2, 0.25) is 5.54 Å². The normalized spacial score (nSPS) is 19.4. The second kappa shape index (κ2) is 5.31. The summed E-state index contributed by atoms with van der Waals surface area (Å²) in [7, 11) is 0. The van der Waals surface area contributed by atoms with Gasteiger partial charge in [0.15, 0.2) is 12.4 Å². The summed E-state index contributed by atoms with van der Waals surface area (Å²) in [6.45, 7) is -0.305. The number of ketones is 1. The Hall–Kier alpha value is -3.03. The third kappa shape index (κ3) is 1.92. The van der Waals surface area contributed by atoms with Crippen molar-refractivity contribution in [2.45, 2.75) is 5.54 Å². The van der Waals surface area contributed by atoms with Gasteiger partial charge in [-0.25, -0.2) is 0 Å². The van der Waals surface area contributed by atoms with Gasteiger partial charge in [0.05, 0.1) is 0 Å². The molecule has 0 aliphatic heterocycles. The number of esters is 1. The highest BCUT2D eigenvalue weighted by molar-refractivity contribution is 6.17. The Bertz CT molecular complexity index is 696. The highest BCUT2D eigenvalue weighted by Crippen LogP contribution is 2.36. The van der Waals surface area contributed by atoms with E-state index in [9.17, 15) is 9.59 Å². The van der Waals surface area contributed by atoms with Crippen molar-refractivity contribution in [2.75, 3.05) is 6.61 Å². The second-order valence-corrected chi connectivity index (χ2v) is 3.96. The number of carbonyl (C=O) groups excluding carboxylic acids is 2. The van der Waals surface area contributed by atoms with Crippen LogP contribution < -0.4 is 0 Å². The van der Waals surface area contributed by atoms with Crippen LogP contribution in [-0.4, -0.2) is 18.4 Å². The van der Waals surface area contributed by atoms with E-state index in [1.165, 1.54) is 6.08 Å². The molecule has 0 N–H and O–H groups in total. The van der Waals surface area contributed by atoms with Crippen molar-refractivity contribution in [2.24, 2.45) is 5.11 Å². The van der Waals surface area contributed by atoms with Crippen LogP contribution >= 0.6 is 0 Å². The first-order valence-electron chi connectivity index (χ1n) is 5.65. The van der Waals surface area contributed by atoms with E-state index in [1.807, 2.05) is 0 Å². The fourth-order valence-electron chi connectivity index (χ4n) is 2.02. The lowest BCUT2D eigenvalue weighted by Gasteiger charge is -2.28. The fraction of sp³-hybridized carbons (Fsp3) is 0.143. The highest BCUT2D eigenvalue weighted by atomic mass is 16.5. The van der Waals surface area contributed by atoms with Crippen molar-refractivity contribution >= 4 is 17.8 Å². The van der Waals surface area contributed by atoms with Crippen molar-refractivity contribution < 1.29 is 14.3 Å². The average Bonchev–Trinajstić information content (AvgIpc) is 2.47. The molecule has 0 radical (unpaired) electrons. The molecule has 0 bridgehead atoms. The summed E-state index contributed by atoms with van der Waals surface area (Å²) in [6, 6.07) is 6.63. The molecule has 0 spiro atoms. The molecule has 0 fully saturated rings. The summed E-state index contributed by atoms with van der Waals surface area (Å²) < 4.78 is 4.82. The Morgan fingerprint density at radius 2 is 2.20 bits per heavy atom. The van der Waals surface area contributed by atoms with Crippen LogP contribution in [0.15, 0.2) is 35.5 Å². The Morgan fingerprint density at radius 3 is 2.90 bits per heavy atom. The maximum atomic E-state index is 12.2. The molecule has 2 rings (SSSR count). The average molecular weight is 267 g/mol. The summed E-state index contributed by atoms with van der Waals surface area (Å²) in [5.74, 6) is 0.495. The molecule has 0 amide bonds. The van der Waals surface area contributed by atoms with Crippen molar-refractivity contribution in [3.63, 3.8) is 0 Å². The molecule has 1 aliphatic rings. The summed E-state index contributed by atoms with van der Waals surface area (Å²) >= 11 is 0. The van der Waals surface area contributed by atoms with Gasteiger partial charge in [0.1, 0.15) is 0 Å². The van der Waals surface area contributed by atoms with Gasteiger partial charge in [-0.15, -0.1) is 6.42 Å². The zero-order valence-electron chi connectivity index (χ0n) is 10.3. The third-order valence-corrected chi connectivity index (χ3v) is 2.90. The lowest BCUT2D eigenvalue weighted by atomic mass is 9.79. The fourth-order valence-corrected chi connectivity index (χ4v) is 2.02. The van der Waals surface area contributed by atoms with Crippen molar-refractivity contribution in [1.82, 2.24) is 0 Å². The van der Waals surface area contributed by atoms with Crippen LogP contribution in [0, 0.1) is 12.3 Å². The van der Waals surface area contributed by atoms with Gasteiger partial charge in [0, 0.05) is 4.91 Å². The molecule has 1 unspecified atom stereocenters. The van der Waals surface area contributed by atoms with E-state index in [0.717, 1.165) is 0 Å². The van der Waals surface area contributed by atoms with Gasteiger partial charge in [-0.2, -0.15) is 0 Å². The van der Waals surface area contributed by atoms with E-state index < -0.39 is 17.3 Å². The monoisotopic (exact) mass is 267 g/mol. The first-order valence-corrected chi connectivity index (χ1v) is 5.65. The van der Waals surface area contributed by atoms with E-state index in [2.05, 4.69) is 15.9 Å². The molecular formula is C14H9N3O3. The van der Waals surface area contributed by atoms with E-state index in [-0.39, 0.29) is 12.2 Å². The summed E-state index contributed by atoms with van der Waals surface area (Å²) in [4.78, 5) is 27.0. The number of benzene rings is 1. The molecule has 20 heavy (non-hydrogen) atoms. The largest absolute Gasteiger partial charge is 0.451 e. The summed E-state index contributed by atoms with van der Waals surface area (Å²) in [5.41, 5.74) is 7.58. The smallest absolute Gasteiger partial charge is 0.331 e. The molecule has 1 aromatic rings. The van der Waals surface area contributed by atoms with E-state index >= 15 is 0 Å². The molecule has 0 saturated carbocycles. The van der Waals surface area contributed by atoms with Gasteiger partial charge in [0.25, 0.3) is 0 Å². The van der Waals surface area contributed by atoms with Crippen LogP contribution in [-0.2, 0) is 19.9 Å². The Kier molecular flexibility index (Phi) is 3.56. The van der Waals surface area contributed by atoms with Gasteiger partial charge >= 0.3 is 5.97 Å². The highest BCUT2D eigenvalue weighted by Gasteiger charge is 2.49. The zero-order chi connectivity index (χ0) is 14.6. The standard InChI is InChI=1S/C14H9N3O3/c1-2-9-20-13(19)14(16-17-15)11-6-4-3-5-10(11)7-8-12(14)18/h1,3-8H,9H2. The number of rotatable bonds is 3. The van der Waals surface area contributed by atoms with E-state index in [4.69, 9.17) is 16.7 Å². The SMILES string of the molecule is C#CCOC(=O)C1(N=[N+]=[N-])C(=O)C=Cc2ccccc21. The molecule has 1 atom stereocenters. The predicted octanol–water partition coefficient (Wildman–Crippen LogP) is 1.96. The van der Waals surface area contributed by atoms with Gasteiger partial charge in [-0.05, 0) is 22.7 Å². The number of carbonyl (C=O) groups is 2. The first-order chi connectivity index (χ1) is 9.66.